The normalized spacial score (nSPS) is 19.8. The molecule has 1 aliphatic rings. The van der Waals surface area contributed by atoms with Gasteiger partial charge in [0.1, 0.15) is 0 Å². The van der Waals surface area contributed by atoms with Gasteiger partial charge >= 0.3 is 0 Å². The van der Waals surface area contributed by atoms with Crippen molar-refractivity contribution in [3.63, 3.8) is 0 Å². The Kier molecular flexibility index (Phi) is 3.91. The van der Waals surface area contributed by atoms with Crippen molar-refractivity contribution in [3.8, 4) is 0 Å². The van der Waals surface area contributed by atoms with Crippen LogP contribution in [0.15, 0.2) is 11.6 Å². The third kappa shape index (κ3) is 2.66. The lowest BCUT2D eigenvalue weighted by molar-refractivity contribution is -0.115. The fraction of sp³-hybridized carbons (Fsp3) is 0.571. The van der Waals surface area contributed by atoms with Gasteiger partial charge < -0.3 is 0 Å². The molecular weight excluding hydrogens is 248 g/mol. The monoisotopic (exact) mass is 266 g/mol. The van der Waals surface area contributed by atoms with Crippen LogP contribution < -0.4 is 0 Å². The lowest BCUT2D eigenvalue weighted by atomic mass is 9.88. The smallest absolute Gasteiger partial charge is 0.164 e. The van der Waals surface area contributed by atoms with Gasteiger partial charge in [0.2, 0.25) is 0 Å². The van der Waals surface area contributed by atoms with Crippen molar-refractivity contribution in [3.05, 3.63) is 28.1 Å². The molecule has 18 heavy (non-hydrogen) atoms. The van der Waals surface area contributed by atoms with Crippen molar-refractivity contribution in [1.82, 2.24) is 9.78 Å². The molecule has 2 rings (SSSR count). The molecule has 1 unspecified atom stereocenters. The number of rotatable bonds is 3. The molecule has 0 fully saturated rings. The minimum Gasteiger partial charge on any atom is -0.294 e. The predicted octanol–water partition coefficient (Wildman–Crippen LogP) is 3.24. The van der Waals surface area contributed by atoms with Crippen molar-refractivity contribution in [2.75, 3.05) is 0 Å². The second-order valence-corrected chi connectivity index (χ2v) is 5.56. The third-order valence-electron chi connectivity index (χ3n) is 3.62. The Balaban J connectivity index is 2.12. The summed E-state index contributed by atoms with van der Waals surface area (Å²) in [6.45, 7) is 4.08. The highest BCUT2D eigenvalue weighted by Gasteiger charge is 2.20. The van der Waals surface area contributed by atoms with Crippen LogP contribution in [0.4, 0.5) is 0 Å². The van der Waals surface area contributed by atoms with Crippen molar-refractivity contribution in [2.45, 2.75) is 39.5 Å². The van der Waals surface area contributed by atoms with Gasteiger partial charge in [0, 0.05) is 7.05 Å². The third-order valence-corrected chi connectivity index (χ3v) is 4.11. The van der Waals surface area contributed by atoms with Crippen LogP contribution in [0, 0.1) is 12.8 Å². The zero-order chi connectivity index (χ0) is 13.3. The minimum atomic E-state index is 0.187. The van der Waals surface area contributed by atoms with E-state index in [-0.39, 0.29) is 5.78 Å². The van der Waals surface area contributed by atoms with Gasteiger partial charge in [0.25, 0.3) is 0 Å². The molecule has 1 aromatic rings. The Labute approximate surface area is 113 Å². The number of aromatic nitrogens is 2. The number of halogens is 1. The lowest BCUT2D eigenvalue weighted by Gasteiger charge is -2.17. The number of allylic oxidation sites excluding steroid dienone is 2. The molecule has 0 saturated heterocycles. The van der Waals surface area contributed by atoms with E-state index in [1.807, 2.05) is 14.0 Å². The quantitative estimate of drug-likeness (QED) is 0.842. The van der Waals surface area contributed by atoms with E-state index in [2.05, 4.69) is 18.1 Å². The molecule has 0 bridgehead atoms. The minimum absolute atomic E-state index is 0.187. The summed E-state index contributed by atoms with van der Waals surface area (Å²) >= 11 is 6.17. The molecule has 0 aliphatic heterocycles. The number of carbonyl (C=O) groups is 1. The van der Waals surface area contributed by atoms with Gasteiger partial charge in [0.05, 0.1) is 22.8 Å². The van der Waals surface area contributed by atoms with E-state index in [1.165, 1.54) is 0 Å². The maximum Gasteiger partial charge on any atom is 0.164 e. The summed E-state index contributed by atoms with van der Waals surface area (Å²) in [4.78, 5) is 12.2. The molecule has 1 aliphatic carbocycles. The molecule has 0 N–H and O–H groups in total. The fourth-order valence-corrected chi connectivity index (χ4v) is 2.58. The summed E-state index contributed by atoms with van der Waals surface area (Å²) in [5, 5.41) is 4.85. The summed E-state index contributed by atoms with van der Waals surface area (Å²) in [7, 11) is 1.83. The summed E-state index contributed by atoms with van der Waals surface area (Å²) < 4.78 is 1.71. The lowest BCUT2D eigenvalue weighted by Crippen LogP contribution is -2.14. The molecule has 1 aromatic heterocycles. The molecule has 4 heteroatoms. The number of aryl methyl sites for hydroxylation is 2. The van der Waals surface area contributed by atoms with E-state index in [0.717, 1.165) is 36.2 Å². The van der Waals surface area contributed by atoms with Crippen molar-refractivity contribution < 1.29 is 4.79 Å². The van der Waals surface area contributed by atoms with E-state index in [0.29, 0.717) is 17.4 Å². The Morgan fingerprint density at radius 1 is 1.61 bits per heavy atom. The number of carbonyl (C=O) groups excluding carboxylic acids is 1. The standard InChI is InChI=1S/C14H19ClN2O/c1-9-4-6-11(7-5-9)13(18)8-12-14(15)10(2)16-17(12)3/h6,9H,4-5,7-8H2,1-3H3. The van der Waals surface area contributed by atoms with Crippen LogP contribution in [0.1, 0.15) is 37.6 Å². The van der Waals surface area contributed by atoms with Crippen LogP contribution >= 0.6 is 11.6 Å². The van der Waals surface area contributed by atoms with Gasteiger partial charge in [-0.3, -0.25) is 9.48 Å². The molecule has 1 heterocycles. The molecule has 0 spiro atoms. The Hall–Kier alpha value is -1.09. The maximum atomic E-state index is 12.2. The number of hydrogen-bond acceptors (Lipinski definition) is 2. The van der Waals surface area contributed by atoms with E-state index in [9.17, 15) is 4.79 Å². The highest BCUT2D eigenvalue weighted by molar-refractivity contribution is 6.32. The average molecular weight is 267 g/mol. The molecule has 0 saturated carbocycles. The van der Waals surface area contributed by atoms with Crippen LogP contribution in [-0.4, -0.2) is 15.6 Å². The molecule has 0 aromatic carbocycles. The average Bonchev–Trinajstić information content (AvgIpc) is 2.57. The van der Waals surface area contributed by atoms with E-state index < -0.39 is 0 Å². The summed E-state index contributed by atoms with van der Waals surface area (Å²) in [6.07, 6.45) is 5.47. The SMILES string of the molecule is Cc1nn(C)c(CC(=O)C2=CCC(C)CC2)c1Cl. The summed E-state index contributed by atoms with van der Waals surface area (Å²) in [6, 6.07) is 0. The number of Topliss-reactive ketones (excluding diaryl/α,β-unsaturated/α-hetero) is 1. The molecule has 1 atom stereocenters. The van der Waals surface area contributed by atoms with Gasteiger partial charge in [-0.2, -0.15) is 5.10 Å². The van der Waals surface area contributed by atoms with Gasteiger partial charge in [-0.15, -0.1) is 0 Å². The van der Waals surface area contributed by atoms with Crippen LogP contribution in [0.5, 0.6) is 0 Å². The van der Waals surface area contributed by atoms with Crippen molar-refractivity contribution >= 4 is 17.4 Å². The van der Waals surface area contributed by atoms with Gasteiger partial charge in [-0.1, -0.05) is 24.6 Å². The highest BCUT2D eigenvalue weighted by atomic mass is 35.5. The zero-order valence-electron chi connectivity index (χ0n) is 11.2. The van der Waals surface area contributed by atoms with E-state index in [1.54, 1.807) is 4.68 Å². The maximum absolute atomic E-state index is 12.2. The molecule has 98 valence electrons. The van der Waals surface area contributed by atoms with Gasteiger partial charge in [0.15, 0.2) is 5.78 Å². The zero-order valence-corrected chi connectivity index (χ0v) is 11.9. The second-order valence-electron chi connectivity index (χ2n) is 5.18. The summed E-state index contributed by atoms with van der Waals surface area (Å²) in [5.41, 5.74) is 2.56. The Morgan fingerprint density at radius 3 is 2.83 bits per heavy atom. The number of nitrogens with zero attached hydrogens (tertiary/aromatic N) is 2. The van der Waals surface area contributed by atoms with Crippen LogP contribution in [0.2, 0.25) is 5.02 Å². The predicted molar refractivity (Wildman–Crippen MR) is 72.8 cm³/mol. The first-order valence-corrected chi connectivity index (χ1v) is 6.77. The van der Waals surface area contributed by atoms with E-state index >= 15 is 0 Å². The van der Waals surface area contributed by atoms with Gasteiger partial charge in [-0.05, 0) is 37.7 Å². The van der Waals surface area contributed by atoms with E-state index in [4.69, 9.17) is 11.6 Å². The first kappa shape index (κ1) is 13.3. The molecular formula is C14H19ClN2O. The topological polar surface area (TPSA) is 34.9 Å². The van der Waals surface area contributed by atoms with Crippen LogP contribution in [0.25, 0.3) is 0 Å². The molecule has 0 amide bonds. The second kappa shape index (κ2) is 5.27. The Morgan fingerprint density at radius 2 is 2.33 bits per heavy atom. The van der Waals surface area contributed by atoms with Crippen LogP contribution in [0.3, 0.4) is 0 Å². The fourth-order valence-electron chi connectivity index (χ4n) is 2.36. The first-order valence-electron chi connectivity index (χ1n) is 6.39. The first-order chi connectivity index (χ1) is 8.49. The van der Waals surface area contributed by atoms with Crippen molar-refractivity contribution in [1.29, 1.82) is 0 Å². The highest BCUT2D eigenvalue weighted by Crippen LogP contribution is 2.26. The summed E-state index contributed by atoms with van der Waals surface area (Å²) in [5.74, 6) is 0.885. The van der Waals surface area contributed by atoms with Crippen molar-refractivity contribution in [2.24, 2.45) is 13.0 Å². The van der Waals surface area contributed by atoms with Crippen LogP contribution in [-0.2, 0) is 18.3 Å². The number of hydrogen-bond donors (Lipinski definition) is 0. The molecule has 0 radical (unpaired) electrons. The molecule has 3 nitrogen and oxygen atoms in total. The largest absolute Gasteiger partial charge is 0.294 e. The Bertz CT molecular complexity index is 502. The number of ketones is 1. The van der Waals surface area contributed by atoms with Gasteiger partial charge in [-0.25, -0.2) is 0 Å².